The Kier molecular flexibility index (Phi) is 3.51. The number of aliphatic hydroxyl groups is 1. The molecule has 1 aliphatic rings. The van der Waals surface area contributed by atoms with E-state index in [2.05, 4.69) is 5.32 Å². The van der Waals surface area contributed by atoms with Gasteiger partial charge in [-0.25, -0.2) is 0 Å². The molecule has 2 N–H and O–H groups in total. The minimum atomic E-state index is -0.455. The summed E-state index contributed by atoms with van der Waals surface area (Å²) < 4.78 is 4.99. The van der Waals surface area contributed by atoms with Crippen molar-refractivity contribution in [3.05, 3.63) is 23.1 Å². The van der Waals surface area contributed by atoms with Crippen LogP contribution in [0.5, 0.6) is 0 Å². The molecule has 0 spiro atoms. The van der Waals surface area contributed by atoms with E-state index in [1.165, 1.54) is 12.1 Å². The average molecular weight is 244 g/mol. The molecule has 1 amide bonds. The van der Waals surface area contributed by atoms with Crippen molar-refractivity contribution in [3.63, 3.8) is 0 Å². The first-order valence-corrected chi connectivity index (χ1v) is 5.79. The second-order valence-electron chi connectivity index (χ2n) is 4.04. The number of amides is 1. The fourth-order valence-electron chi connectivity index (χ4n) is 1.96. The van der Waals surface area contributed by atoms with Gasteiger partial charge in [-0.2, -0.15) is 0 Å². The fourth-order valence-corrected chi connectivity index (χ4v) is 2.10. The van der Waals surface area contributed by atoms with Crippen LogP contribution in [0.15, 0.2) is 16.5 Å². The van der Waals surface area contributed by atoms with Crippen LogP contribution in [0.25, 0.3) is 0 Å². The molecule has 1 aliphatic carbocycles. The van der Waals surface area contributed by atoms with E-state index in [0.717, 1.165) is 25.7 Å². The van der Waals surface area contributed by atoms with Crippen molar-refractivity contribution < 1.29 is 14.3 Å². The van der Waals surface area contributed by atoms with Gasteiger partial charge in [0, 0.05) is 0 Å². The lowest BCUT2D eigenvalue weighted by molar-refractivity contribution is 0.0698. The summed E-state index contributed by atoms with van der Waals surface area (Å²) in [5.74, 6) is -0.138. The van der Waals surface area contributed by atoms with Crippen molar-refractivity contribution in [2.75, 3.05) is 0 Å². The van der Waals surface area contributed by atoms with Crippen LogP contribution in [0, 0.1) is 0 Å². The summed E-state index contributed by atoms with van der Waals surface area (Å²) in [4.78, 5) is 11.7. The summed E-state index contributed by atoms with van der Waals surface area (Å²) in [7, 11) is 0. The van der Waals surface area contributed by atoms with Crippen LogP contribution in [-0.4, -0.2) is 23.2 Å². The first-order chi connectivity index (χ1) is 7.66. The molecule has 2 atom stereocenters. The molecule has 2 unspecified atom stereocenters. The number of aliphatic hydroxyl groups excluding tert-OH is 1. The second-order valence-corrected chi connectivity index (χ2v) is 4.41. The molecule has 1 saturated carbocycles. The van der Waals surface area contributed by atoms with Crippen LogP contribution >= 0.6 is 11.6 Å². The Balaban J connectivity index is 1.96. The molecule has 0 aliphatic heterocycles. The third-order valence-corrected chi connectivity index (χ3v) is 3.05. The van der Waals surface area contributed by atoms with Gasteiger partial charge in [-0.1, -0.05) is 12.8 Å². The Bertz CT molecular complexity index is 377. The monoisotopic (exact) mass is 243 g/mol. The van der Waals surface area contributed by atoms with E-state index in [1.54, 1.807) is 0 Å². The van der Waals surface area contributed by atoms with Crippen molar-refractivity contribution in [1.29, 1.82) is 0 Å². The van der Waals surface area contributed by atoms with E-state index in [0.29, 0.717) is 0 Å². The zero-order valence-corrected chi connectivity index (χ0v) is 9.54. The molecule has 5 heteroatoms. The van der Waals surface area contributed by atoms with Gasteiger partial charge in [0.2, 0.25) is 0 Å². The van der Waals surface area contributed by atoms with Crippen molar-refractivity contribution >= 4 is 17.5 Å². The largest absolute Gasteiger partial charge is 0.440 e. The highest BCUT2D eigenvalue weighted by molar-refractivity contribution is 6.29. The summed E-state index contributed by atoms with van der Waals surface area (Å²) in [5.41, 5.74) is 0. The number of hydrogen-bond donors (Lipinski definition) is 2. The van der Waals surface area contributed by atoms with Crippen LogP contribution in [0.2, 0.25) is 5.22 Å². The van der Waals surface area contributed by atoms with E-state index in [9.17, 15) is 9.90 Å². The normalized spacial score (nSPS) is 25.4. The van der Waals surface area contributed by atoms with Crippen LogP contribution in [0.1, 0.15) is 36.2 Å². The Hall–Kier alpha value is -1.00. The van der Waals surface area contributed by atoms with Crippen molar-refractivity contribution in [2.45, 2.75) is 37.8 Å². The number of carbonyl (C=O) groups is 1. The standard InChI is InChI=1S/C11H14ClNO3/c12-10-6-5-9(16-10)11(15)13-7-3-1-2-4-8(7)14/h5-8,14H,1-4H2,(H,13,15). The lowest BCUT2D eigenvalue weighted by Gasteiger charge is -2.27. The Morgan fingerprint density at radius 3 is 2.81 bits per heavy atom. The fraction of sp³-hybridized carbons (Fsp3) is 0.545. The maximum atomic E-state index is 11.7. The minimum absolute atomic E-state index is 0.176. The molecule has 0 saturated heterocycles. The van der Waals surface area contributed by atoms with Gasteiger partial charge in [0.25, 0.3) is 5.91 Å². The number of halogens is 1. The number of carbonyl (C=O) groups excluding carboxylic acids is 1. The second kappa shape index (κ2) is 4.89. The summed E-state index contributed by atoms with van der Waals surface area (Å²) in [6.45, 7) is 0. The molecular formula is C11H14ClNO3. The van der Waals surface area contributed by atoms with E-state index in [1.807, 2.05) is 0 Å². The number of hydrogen-bond acceptors (Lipinski definition) is 3. The van der Waals surface area contributed by atoms with Gasteiger partial charge in [0.1, 0.15) is 0 Å². The van der Waals surface area contributed by atoms with Gasteiger partial charge in [-0.3, -0.25) is 4.79 Å². The number of furan rings is 1. The molecule has 0 aromatic carbocycles. The van der Waals surface area contributed by atoms with E-state index >= 15 is 0 Å². The predicted molar refractivity (Wildman–Crippen MR) is 59.4 cm³/mol. The highest BCUT2D eigenvalue weighted by Gasteiger charge is 2.25. The molecule has 4 nitrogen and oxygen atoms in total. The summed E-state index contributed by atoms with van der Waals surface area (Å²) in [5, 5.41) is 12.6. The van der Waals surface area contributed by atoms with Gasteiger partial charge in [-0.15, -0.1) is 0 Å². The topological polar surface area (TPSA) is 62.5 Å². The summed E-state index contributed by atoms with van der Waals surface area (Å²) in [6.07, 6.45) is 3.13. The summed E-state index contributed by atoms with van der Waals surface area (Å²) >= 11 is 5.58. The highest BCUT2D eigenvalue weighted by atomic mass is 35.5. The molecule has 1 aromatic rings. The van der Waals surface area contributed by atoms with Crippen molar-refractivity contribution in [3.8, 4) is 0 Å². The Morgan fingerprint density at radius 2 is 2.19 bits per heavy atom. The van der Waals surface area contributed by atoms with Crippen LogP contribution in [0.3, 0.4) is 0 Å². The number of rotatable bonds is 2. The molecule has 88 valence electrons. The molecule has 1 aromatic heterocycles. The van der Waals surface area contributed by atoms with Crippen molar-refractivity contribution in [1.82, 2.24) is 5.32 Å². The molecule has 1 fully saturated rings. The average Bonchev–Trinajstić information content (AvgIpc) is 2.68. The minimum Gasteiger partial charge on any atom is -0.440 e. The van der Waals surface area contributed by atoms with Gasteiger partial charge < -0.3 is 14.8 Å². The van der Waals surface area contributed by atoms with Gasteiger partial charge >= 0.3 is 0 Å². The van der Waals surface area contributed by atoms with Crippen LogP contribution in [0.4, 0.5) is 0 Å². The van der Waals surface area contributed by atoms with Crippen LogP contribution < -0.4 is 5.32 Å². The molecule has 16 heavy (non-hydrogen) atoms. The number of nitrogens with one attached hydrogen (secondary N) is 1. The molecule has 0 bridgehead atoms. The Labute approximate surface area is 98.6 Å². The smallest absolute Gasteiger partial charge is 0.287 e. The maximum absolute atomic E-state index is 11.7. The third-order valence-electron chi connectivity index (χ3n) is 2.84. The molecule has 2 rings (SSSR count). The van der Waals surface area contributed by atoms with E-state index in [4.69, 9.17) is 16.0 Å². The SMILES string of the molecule is O=C(NC1CCCCC1O)c1ccc(Cl)o1. The van der Waals surface area contributed by atoms with Gasteiger partial charge in [0.15, 0.2) is 11.0 Å². The first-order valence-electron chi connectivity index (χ1n) is 5.41. The summed E-state index contributed by atoms with van der Waals surface area (Å²) in [6, 6.07) is 2.87. The maximum Gasteiger partial charge on any atom is 0.287 e. The predicted octanol–water partition coefficient (Wildman–Crippen LogP) is 1.97. The first kappa shape index (κ1) is 11.5. The van der Waals surface area contributed by atoms with Crippen molar-refractivity contribution in [2.24, 2.45) is 0 Å². The lowest BCUT2D eigenvalue weighted by Crippen LogP contribution is -2.44. The lowest BCUT2D eigenvalue weighted by atomic mass is 9.92. The zero-order chi connectivity index (χ0) is 11.5. The quantitative estimate of drug-likeness (QED) is 0.835. The van der Waals surface area contributed by atoms with Gasteiger partial charge in [-0.05, 0) is 36.6 Å². The Morgan fingerprint density at radius 1 is 1.44 bits per heavy atom. The highest BCUT2D eigenvalue weighted by Crippen LogP contribution is 2.19. The molecule has 0 radical (unpaired) electrons. The zero-order valence-electron chi connectivity index (χ0n) is 8.78. The third kappa shape index (κ3) is 2.57. The van der Waals surface area contributed by atoms with E-state index < -0.39 is 6.10 Å². The van der Waals surface area contributed by atoms with Gasteiger partial charge in [0.05, 0.1) is 12.1 Å². The van der Waals surface area contributed by atoms with Crippen LogP contribution in [-0.2, 0) is 0 Å². The molecule has 1 heterocycles. The van der Waals surface area contributed by atoms with E-state index in [-0.39, 0.29) is 22.9 Å². The molecular weight excluding hydrogens is 230 g/mol.